The smallest absolute Gasteiger partial charge is 0.102 e. The second-order valence-electron chi connectivity index (χ2n) is 5.90. The van der Waals surface area contributed by atoms with Crippen molar-refractivity contribution in [3.63, 3.8) is 0 Å². The minimum Gasteiger partial charge on any atom is -0.386 e. The molecule has 0 saturated heterocycles. The Morgan fingerprint density at radius 1 is 1.00 bits per heavy atom. The van der Waals surface area contributed by atoms with Crippen LogP contribution < -0.4 is 0 Å². The lowest BCUT2D eigenvalue weighted by molar-refractivity contribution is -0.0100. The lowest BCUT2D eigenvalue weighted by atomic mass is 10.0. The first-order valence-electron chi connectivity index (χ1n) is 7.34. The second kappa shape index (κ2) is 6.87. The van der Waals surface area contributed by atoms with Crippen LogP contribution in [0.2, 0.25) is 0 Å². The highest BCUT2D eigenvalue weighted by Gasteiger charge is 2.12. The molecule has 0 aliphatic carbocycles. The van der Waals surface area contributed by atoms with E-state index in [1.807, 2.05) is 30.3 Å². The second-order valence-corrected chi connectivity index (χ2v) is 5.90. The highest BCUT2D eigenvalue weighted by atomic mass is 16.5. The van der Waals surface area contributed by atoms with Crippen molar-refractivity contribution in [2.45, 2.75) is 39.4 Å². The summed E-state index contributed by atoms with van der Waals surface area (Å²) in [5.74, 6) is 0.614. The molecule has 2 heteroatoms. The first-order valence-corrected chi connectivity index (χ1v) is 7.34. The van der Waals surface area contributed by atoms with Gasteiger partial charge in [-0.3, -0.25) is 0 Å². The van der Waals surface area contributed by atoms with E-state index in [0.717, 1.165) is 17.4 Å². The zero-order valence-corrected chi connectivity index (χ0v) is 12.5. The zero-order valence-electron chi connectivity index (χ0n) is 12.5. The number of fused-ring (bicyclic) bond motifs is 1. The van der Waals surface area contributed by atoms with Crippen molar-refractivity contribution in [2.24, 2.45) is 5.92 Å². The van der Waals surface area contributed by atoms with Gasteiger partial charge < -0.3 is 9.84 Å². The molecule has 2 rings (SSSR count). The van der Waals surface area contributed by atoms with E-state index in [-0.39, 0.29) is 6.10 Å². The summed E-state index contributed by atoms with van der Waals surface area (Å²) >= 11 is 0. The first kappa shape index (κ1) is 15.0. The van der Waals surface area contributed by atoms with Crippen molar-refractivity contribution in [3.05, 3.63) is 48.0 Å². The Morgan fingerprint density at radius 3 is 2.40 bits per heavy atom. The van der Waals surface area contributed by atoms with Crippen LogP contribution in [0.4, 0.5) is 0 Å². The molecule has 2 nitrogen and oxygen atoms in total. The van der Waals surface area contributed by atoms with Gasteiger partial charge in [-0.15, -0.1) is 0 Å². The summed E-state index contributed by atoms with van der Waals surface area (Å²) in [4.78, 5) is 0. The molecule has 2 unspecified atom stereocenters. The van der Waals surface area contributed by atoms with Crippen LogP contribution in [0.15, 0.2) is 42.5 Å². The van der Waals surface area contributed by atoms with Crippen LogP contribution in [0.5, 0.6) is 0 Å². The van der Waals surface area contributed by atoms with Gasteiger partial charge in [0.2, 0.25) is 0 Å². The Kier molecular flexibility index (Phi) is 5.16. The third kappa shape index (κ3) is 4.06. The minimum absolute atomic E-state index is 0.185. The normalized spacial score (nSPS) is 14.7. The van der Waals surface area contributed by atoms with Gasteiger partial charge in [-0.05, 0) is 41.7 Å². The SMILES string of the molecule is CC(C)CC(C)OCC(O)c1ccc2ccccc2c1. The fourth-order valence-corrected chi connectivity index (χ4v) is 2.50. The van der Waals surface area contributed by atoms with Crippen LogP contribution in [-0.2, 0) is 4.74 Å². The predicted octanol–water partition coefficient (Wildman–Crippen LogP) is 4.32. The number of benzene rings is 2. The van der Waals surface area contributed by atoms with Crippen molar-refractivity contribution < 1.29 is 9.84 Å². The molecule has 0 fully saturated rings. The fraction of sp³-hybridized carbons (Fsp3) is 0.444. The Balaban J connectivity index is 1.98. The molecule has 2 aromatic rings. The Morgan fingerprint density at radius 2 is 1.70 bits per heavy atom. The molecule has 2 atom stereocenters. The largest absolute Gasteiger partial charge is 0.386 e. The highest BCUT2D eigenvalue weighted by Crippen LogP contribution is 2.21. The number of hydrogen-bond donors (Lipinski definition) is 1. The van der Waals surface area contributed by atoms with Crippen molar-refractivity contribution in [1.82, 2.24) is 0 Å². The average molecular weight is 272 g/mol. The summed E-state index contributed by atoms with van der Waals surface area (Å²) in [6.07, 6.45) is 0.643. The molecule has 0 spiro atoms. The molecule has 0 saturated carbocycles. The third-order valence-electron chi connectivity index (χ3n) is 3.50. The topological polar surface area (TPSA) is 29.5 Å². The van der Waals surface area contributed by atoms with Crippen LogP contribution in [0.25, 0.3) is 10.8 Å². The van der Waals surface area contributed by atoms with E-state index in [2.05, 4.69) is 32.9 Å². The van der Waals surface area contributed by atoms with Gasteiger partial charge in [-0.25, -0.2) is 0 Å². The molecule has 2 aromatic carbocycles. The van der Waals surface area contributed by atoms with E-state index in [1.54, 1.807) is 0 Å². The summed E-state index contributed by atoms with van der Waals surface area (Å²) in [5, 5.41) is 12.6. The van der Waals surface area contributed by atoms with E-state index in [9.17, 15) is 5.11 Å². The number of rotatable bonds is 6. The molecule has 0 aromatic heterocycles. The molecule has 0 radical (unpaired) electrons. The van der Waals surface area contributed by atoms with Crippen LogP contribution in [0.3, 0.4) is 0 Å². The molecular weight excluding hydrogens is 248 g/mol. The van der Waals surface area contributed by atoms with Gasteiger partial charge in [0, 0.05) is 0 Å². The van der Waals surface area contributed by atoms with Gasteiger partial charge in [-0.2, -0.15) is 0 Å². The Hall–Kier alpha value is -1.38. The minimum atomic E-state index is -0.561. The lowest BCUT2D eigenvalue weighted by Crippen LogP contribution is -2.16. The van der Waals surface area contributed by atoms with E-state index in [4.69, 9.17) is 4.74 Å². The standard InChI is InChI=1S/C18H24O2/c1-13(2)10-14(3)20-12-18(19)17-9-8-15-6-4-5-7-16(15)11-17/h4-9,11,13-14,18-19H,10,12H2,1-3H3. The molecular formula is C18H24O2. The number of ether oxygens (including phenoxy) is 1. The molecule has 0 amide bonds. The summed E-state index contributed by atoms with van der Waals surface area (Å²) in [7, 11) is 0. The Bertz CT molecular complexity index is 548. The summed E-state index contributed by atoms with van der Waals surface area (Å²) in [5.41, 5.74) is 0.917. The van der Waals surface area contributed by atoms with Crippen LogP contribution in [-0.4, -0.2) is 17.8 Å². The summed E-state index contributed by atoms with van der Waals surface area (Å²) in [6, 6.07) is 14.2. The highest BCUT2D eigenvalue weighted by molar-refractivity contribution is 5.83. The van der Waals surface area contributed by atoms with Crippen LogP contribution >= 0.6 is 0 Å². The van der Waals surface area contributed by atoms with E-state index in [1.165, 1.54) is 5.39 Å². The molecule has 20 heavy (non-hydrogen) atoms. The van der Waals surface area contributed by atoms with Gasteiger partial charge in [0.05, 0.1) is 12.7 Å². The molecule has 0 aliphatic rings. The maximum atomic E-state index is 10.2. The van der Waals surface area contributed by atoms with Gasteiger partial charge >= 0.3 is 0 Å². The Labute approximate surface area is 121 Å². The molecule has 1 N–H and O–H groups in total. The quantitative estimate of drug-likeness (QED) is 0.848. The van der Waals surface area contributed by atoms with E-state index >= 15 is 0 Å². The average Bonchev–Trinajstić information content (AvgIpc) is 2.43. The summed E-state index contributed by atoms with van der Waals surface area (Å²) < 4.78 is 5.73. The van der Waals surface area contributed by atoms with Gasteiger partial charge in [0.1, 0.15) is 6.10 Å². The zero-order chi connectivity index (χ0) is 14.5. The van der Waals surface area contributed by atoms with Gasteiger partial charge in [0.25, 0.3) is 0 Å². The summed E-state index contributed by atoms with van der Waals surface area (Å²) in [6.45, 7) is 6.78. The predicted molar refractivity (Wildman–Crippen MR) is 83.8 cm³/mol. The fourth-order valence-electron chi connectivity index (χ4n) is 2.50. The van der Waals surface area contributed by atoms with Crippen molar-refractivity contribution in [3.8, 4) is 0 Å². The first-order chi connectivity index (χ1) is 9.56. The number of aliphatic hydroxyl groups excluding tert-OH is 1. The third-order valence-corrected chi connectivity index (χ3v) is 3.50. The van der Waals surface area contributed by atoms with E-state index < -0.39 is 6.10 Å². The van der Waals surface area contributed by atoms with Gasteiger partial charge in [0.15, 0.2) is 0 Å². The monoisotopic (exact) mass is 272 g/mol. The van der Waals surface area contributed by atoms with Crippen LogP contribution in [0.1, 0.15) is 38.9 Å². The maximum Gasteiger partial charge on any atom is 0.102 e. The maximum absolute atomic E-state index is 10.2. The molecule has 0 aliphatic heterocycles. The molecule has 108 valence electrons. The molecule has 0 bridgehead atoms. The van der Waals surface area contributed by atoms with Crippen molar-refractivity contribution in [2.75, 3.05) is 6.61 Å². The number of aliphatic hydroxyl groups is 1. The van der Waals surface area contributed by atoms with Crippen molar-refractivity contribution >= 4 is 10.8 Å². The molecule has 0 heterocycles. The lowest BCUT2D eigenvalue weighted by Gasteiger charge is -2.18. The van der Waals surface area contributed by atoms with Crippen LogP contribution in [0, 0.1) is 5.92 Å². The van der Waals surface area contributed by atoms with Crippen molar-refractivity contribution in [1.29, 1.82) is 0 Å². The number of hydrogen-bond acceptors (Lipinski definition) is 2. The van der Waals surface area contributed by atoms with E-state index in [0.29, 0.717) is 12.5 Å². The van der Waals surface area contributed by atoms with Gasteiger partial charge in [-0.1, -0.05) is 50.2 Å².